The number of rotatable bonds is 4. The minimum Gasteiger partial charge on any atom is -0.438 e. The maximum absolute atomic E-state index is 13.1. The van der Waals surface area contributed by atoms with Crippen LogP contribution in [-0.2, 0) is 14.3 Å². The van der Waals surface area contributed by atoms with Crippen molar-refractivity contribution in [2.45, 2.75) is 26.7 Å². The molecular weight excluding hydrogens is 470 g/mol. The van der Waals surface area contributed by atoms with Crippen LogP contribution < -0.4 is 10.1 Å². The predicted octanol–water partition coefficient (Wildman–Crippen LogP) is 4.15. The van der Waals surface area contributed by atoms with E-state index in [4.69, 9.17) is 14.5 Å². The SMILES string of the molecule is CC(=O)NC(=O)C(C)(C)[C@H]1c2ccccc2Oc2nc(-c3ccc(C(=O)N4CCOCC4)cc3)ccc21. The van der Waals surface area contributed by atoms with Gasteiger partial charge in [-0.25, -0.2) is 4.98 Å². The van der Waals surface area contributed by atoms with Crippen LogP contribution in [0.4, 0.5) is 0 Å². The molecule has 2 aromatic carbocycles. The average Bonchev–Trinajstić information content (AvgIpc) is 2.91. The summed E-state index contributed by atoms with van der Waals surface area (Å²) in [5.74, 6) is -0.109. The second-order valence-corrected chi connectivity index (χ2v) is 9.88. The lowest BCUT2D eigenvalue weighted by Crippen LogP contribution is -2.43. The van der Waals surface area contributed by atoms with E-state index < -0.39 is 11.3 Å². The zero-order chi connectivity index (χ0) is 26.2. The molecule has 8 nitrogen and oxygen atoms in total. The number of morpholine rings is 1. The number of hydrogen-bond acceptors (Lipinski definition) is 6. The predicted molar refractivity (Wildman–Crippen MR) is 137 cm³/mol. The molecule has 1 aromatic heterocycles. The largest absolute Gasteiger partial charge is 0.438 e. The van der Waals surface area contributed by atoms with Gasteiger partial charge in [0.05, 0.1) is 24.3 Å². The van der Waals surface area contributed by atoms with Gasteiger partial charge in [-0.05, 0) is 24.3 Å². The van der Waals surface area contributed by atoms with Gasteiger partial charge in [-0.3, -0.25) is 19.7 Å². The van der Waals surface area contributed by atoms with Crippen LogP contribution in [-0.4, -0.2) is 53.9 Å². The van der Waals surface area contributed by atoms with E-state index in [1.807, 2.05) is 74.5 Å². The molecular formula is C29H29N3O5. The molecule has 3 aromatic rings. The van der Waals surface area contributed by atoms with E-state index in [1.165, 1.54) is 6.92 Å². The Hall–Kier alpha value is -4.04. The number of para-hydroxylation sites is 1. The molecule has 2 aliphatic heterocycles. The fraction of sp³-hybridized carbons (Fsp3) is 0.310. The molecule has 3 heterocycles. The van der Waals surface area contributed by atoms with Gasteiger partial charge in [0.15, 0.2) is 0 Å². The van der Waals surface area contributed by atoms with Crippen molar-refractivity contribution in [3.05, 3.63) is 77.4 Å². The first-order valence-corrected chi connectivity index (χ1v) is 12.3. The Morgan fingerprint density at radius 1 is 0.946 bits per heavy atom. The van der Waals surface area contributed by atoms with Gasteiger partial charge < -0.3 is 14.4 Å². The van der Waals surface area contributed by atoms with E-state index in [1.54, 1.807) is 4.90 Å². The molecule has 8 heteroatoms. The van der Waals surface area contributed by atoms with E-state index >= 15 is 0 Å². The van der Waals surface area contributed by atoms with E-state index in [0.717, 1.165) is 16.7 Å². The number of imide groups is 1. The number of amides is 3. The van der Waals surface area contributed by atoms with Gasteiger partial charge in [0.1, 0.15) is 5.75 Å². The van der Waals surface area contributed by atoms with Gasteiger partial charge >= 0.3 is 0 Å². The van der Waals surface area contributed by atoms with Crippen LogP contribution in [0.2, 0.25) is 0 Å². The molecule has 5 rings (SSSR count). The number of pyridine rings is 1. The van der Waals surface area contributed by atoms with Gasteiger partial charge in [0, 0.05) is 48.2 Å². The zero-order valence-corrected chi connectivity index (χ0v) is 21.1. The van der Waals surface area contributed by atoms with Crippen LogP contribution in [0.5, 0.6) is 11.6 Å². The number of nitrogens with one attached hydrogen (secondary N) is 1. The maximum atomic E-state index is 13.1. The molecule has 0 aliphatic carbocycles. The van der Waals surface area contributed by atoms with Crippen molar-refractivity contribution in [3.8, 4) is 22.9 Å². The molecule has 3 amide bonds. The van der Waals surface area contributed by atoms with E-state index in [9.17, 15) is 14.4 Å². The molecule has 1 saturated heterocycles. The fourth-order valence-corrected chi connectivity index (χ4v) is 4.96. The highest BCUT2D eigenvalue weighted by atomic mass is 16.5. The molecule has 0 saturated carbocycles. The third-order valence-corrected chi connectivity index (χ3v) is 6.96. The first-order chi connectivity index (χ1) is 17.8. The Labute approximate surface area is 215 Å². The average molecular weight is 500 g/mol. The highest BCUT2D eigenvalue weighted by Crippen LogP contribution is 2.51. The summed E-state index contributed by atoms with van der Waals surface area (Å²) in [6.07, 6.45) is 0. The molecule has 0 unspecified atom stereocenters. The summed E-state index contributed by atoms with van der Waals surface area (Å²) in [4.78, 5) is 44.1. The van der Waals surface area contributed by atoms with Crippen molar-refractivity contribution in [1.29, 1.82) is 0 Å². The van der Waals surface area contributed by atoms with Gasteiger partial charge in [0.25, 0.3) is 5.91 Å². The molecule has 0 spiro atoms. The second kappa shape index (κ2) is 9.78. The summed E-state index contributed by atoms with van der Waals surface area (Å²) in [5, 5.41) is 2.44. The molecule has 0 radical (unpaired) electrons. The van der Waals surface area contributed by atoms with Crippen LogP contribution in [0.1, 0.15) is 48.2 Å². The van der Waals surface area contributed by atoms with Gasteiger partial charge in [-0.1, -0.05) is 50.2 Å². The molecule has 1 atom stereocenters. The highest BCUT2D eigenvalue weighted by molar-refractivity contribution is 5.97. The van der Waals surface area contributed by atoms with E-state index in [0.29, 0.717) is 49.2 Å². The Morgan fingerprint density at radius 3 is 2.35 bits per heavy atom. The Bertz CT molecular complexity index is 1360. The summed E-state index contributed by atoms with van der Waals surface area (Å²) in [5.41, 5.74) is 2.82. The number of aromatic nitrogens is 1. The summed E-state index contributed by atoms with van der Waals surface area (Å²) in [7, 11) is 0. The minimum atomic E-state index is -0.953. The number of carbonyl (C=O) groups excluding carboxylic acids is 3. The lowest BCUT2D eigenvalue weighted by Gasteiger charge is -2.37. The van der Waals surface area contributed by atoms with Crippen LogP contribution in [0.3, 0.4) is 0 Å². The molecule has 190 valence electrons. The Morgan fingerprint density at radius 2 is 1.65 bits per heavy atom. The van der Waals surface area contributed by atoms with Crippen LogP contribution in [0, 0.1) is 5.41 Å². The van der Waals surface area contributed by atoms with Gasteiger partial charge in [-0.2, -0.15) is 0 Å². The number of carbonyl (C=O) groups is 3. The van der Waals surface area contributed by atoms with Crippen molar-refractivity contribution >= 4 is 17.7 Å². The Kier molecular flexibility index (Phi) is 6.52. The number of nitrogens with zero attached hydrogens (tertiary/aromatic N) is 2. The van der Waals surface area contributed by atoms with Crippen LogP contribution in [0.15, 0.2) is 60.7 Å². The van der Waals surface area contributed by atoms with Crippen molar-refractivity contribution in [1.82, 2.24) is 15.2 Å². The normalized spacial score (nSPS) is 16.7. The first-order valence-electron chi connectivity index (χ1n) is 12.3. The minimum absolute atomic E-state index is 0.0119. The number of hydrogen-bond donors (Lipinski definition) is 1. The standard InChI is InChI=1S/C29H29N3O5/c1-18(33)30-28(35)29(2,3)25-21-6-4-5-7-24(21)37-26-22(25)12-13-23(31-26)19-8-10-20(11-9-19)27(34)32-14-16-36-17-15-32/h4-13,25H,14-17H2,1-3H3,(H,30,33,35)/t25-/m0/s1. The number of fused-ring (bicyclic) bond motifs is 2. The highest BCUT2D eigenvalue weighted by Gasteiger charge is 2.44. The number of ether oxygens (including phenoxy) is 2. The van der Waals surface area contributed by atoms with Gasteiger partial charge in [0.2, 0.25) is 17.7 Å². The third-order valence-electron chi connectivity index (χ3n) is 6.96. The van der Waals surface area contributed by atoms with E-state index in [2.05, 4.69) is 5.32 Å². The molecule has 37 heavy (non-hydrogen) atoms. The second-order valence-electron chi connectivity index (χ2n) is 9.88. The third kappa shape index (κ3) is 4.72. The maximum Gasteiger partial charge on any atom is 0.254 e. The summed E-state index contributed by atoms with van der Waals surface area (Å²) >= 11 is 0. The van der Waals surface area contributed by atoms with Crippen LogP contribution >= 0.6 is 0 Å². The van der Waals surface area contributed by atoms with Crippen molar-refractivity contribution in [2.75, 3.05) is 26.3 Å². The molecule has 2 aliphatic rings. The number of benzene rings is 2. The summed E-state index contributed by atoms with van der Waals surface area (Å²) in [6.45, 7) is 7.26. The lowest BCUT2D eigenvalue weighted by atomic mass is 9.69. The fourth-order valence-electron chi connectivity index (χ4n) is 4.96. The molecule has 1 fully saturated rings. The summed E-state index contributed by atoms with van der Waals surface area (Å²) < 4.78 is 11.5. The zero-order valence-electron chi connectivity index (χ0n) is 21.1. The van der Waals surface area contributed by atoms with Crippen LogP contribution in [0.25, 0.3) is 11.3 Å². The topological polar surface area (TPSA) is 97.8 Å². The van der Waals surface area contributed by atoms with Crippen molar-refractivity contribution in [2.24, 2.45) is 5.41 Å². The smallest absolute Gasteiger partial charge is 0.254 e. The quantitative estimate of drug-likeness (QED) is 0.579. The van der Waals surface area contributed by atoms with E-state index in [-0.39, 0.29) is 17.7 Å². The monoisotopic (exact) mass is 499 g/mol. The molecule has 0 bridgehead atoms. The van der Waals surface area contributed by atoms with Crippen molar-refractivity contribution in [3.63, 3.8) is 0 Å². The Balaban J connectivity index is 1.47. The lowest BCUT2D eigenvalue weighted by molar-refractivity contribution is -0.135. The molecule has 1 N–H and O–H groups in total. The van der Waals surface area contributed by atoms with Gasteiger partial charge in [-0.15, -0.1) is 0 Å². The first kappa shape index (κ1) is 24.6. The summed E-state index contributed by atoms with van der Waals surface area (Å²) in [6, 6.07) is 18.7. The van der Waals surface area contributed by atoms with Crippen molar-refractivity contribution < 1.29 is 23.9 Å².